The molecule has 0 bridgehead atoms. The average Bonchev–Trinajstić information content (AvgIpc) is 2.70. The van der Waals surface area contributed by atoms with Crippen LogP contribution in [0.2, 0.25) is 0 Å². The summed E-state index contributed by atoms with van der Waals surface area (Å²) < 4.78 is 11.1. The zero-order chi connectivity index (χ0) is 23.1. The highest BCUT2D eigenvalue weighted by Gasteiger charge is 2.25. The number of carboxylic acids is 2. The van der Waals surface area contributed by atoms with E-state index in [0.29, 0.717) is 16.9 Å². The Hall–Kier alpha value is -3.36. The van der Waals surface area contributed by atoms with Crippen LogP contribution in [-0.4, -0.2) is 40.2 Å². The Labute approximate surface area is 179 Å². The lowest BCUT2D eigenvalue weighted by molar-refractivity contribution is -0.144. The van der Waals surface area contributed by atoms with Crippen LogP contribution in [0.1, 0.15) is 50.7 Å². The van der Waals surface area contributed by atoms with Crippen LogP contribution in [0, 0.1) is 6.92 Å². The van der Waals surface area contributed by atoms with Gasteiger partial charge in [-0.25, -0.2) is 9.59 Å². The molecular weight excluding hydrogens is 406 g/mol. The molecule has 3 N–H and O–H groups in total. The first kappa shape index (κ1) is 23.9. The van der Waals surface area contributed by atoms with Crippen molar-refractivity contribution in [2.75, 3.05) is 0 Å². The number of hydrogen-bond donors (Lipinski definition) is 3. The van der Waals surface area contributed by atoms with Gasteiger partial charge in [-0.1, -0.05) is 13.3 Å². The number of fused-ring (bicyclic) bond motifs is 1. The highest BCUT2D eigenvalue weighted by Crippen LogP contribution is 2.29. The predicted molar refractivity (Wildman–Crippen MR) is 112 cm³/mol. The molecule has 9 nitrogen and oxygen atoms in total. The number of hydrogen-bond acceptors (Lipinski definition) is 6. The molecule has 0 saturated carbocycles. The molecule has 1 unspecified atom stereocenters. The highest BCUT2D eigenvalue weighted by atomic mass is 16.5. The molecule has 1 aromatic carbocycles. The van der Waals surface area contributed by atoms with Crippen LogP contribution < -0.4 is 15.7 Å². The third-order valence-corrected chi connectivity index (χ3v) is 4.93. The summed E-state index contributed by atoms with van der Waals surface area (Å²) in [5.41, 5.74) is 1.35. The van der Waals surface area contributed by atoms with E-state index in [9.17, 15) is 24.3 Å². The predicted octanol–water partition coefficient (Wildman–Crippen LogP) is 2.65. The van der Waals surface area contributed by atoms with Crippen LogP contribution in [0.15, 0.2) is 27.4 Å². The summed E-state index contributed by atoms with van der Waals surface area (Å²) in [6.45, 7) is 5.22. The van der Waals surface area contributed by atoms with Gasteiger partial charge in [0.05, 0.1) is 0 Å². The number of benzene rings is 1. The number of rotatable bonds is 11. The first-order valence-corrected chi connectivity index (χ1v) is 10.1. The molecule has 9 heteroatoms. The number of unbranched alkanes of at least 4 members (excludes halogenated alkanes) is 1. The van der Waals surface area contributed by atoms with Gasteiger partial charge in [0.25, 0.3) is 5.91 Å². The summed E-state index contributed by atoms with van der Waals surface area (Å²) >= 11 is 0. The Morgan fingerprint density at radius 1 is 1.23 bits per heavy atom. The minimum atomic E-state index is -1.34. The second-order valence-electron chi connectivity index (χ2n) is 7.35. The number of aryl methyl sites for hydroxylation is 2. The van der Waals surface area contributed by atoms with Gasteiger partial charge in [0.15, 0.2) is 6.10 Å². The molecule has 2 aromatic rings. The Morgan fingerprint density at radius 2 is 1.94 bits per heavy atom. The summed E-state index contributed by atoms with van der Waals surface area (Å²) in [5, 5.41) is 21.0. The summed E-state index contributed by atoms with van der Waals surface area (Å²) in [6.07, 6.45) is 0.958. The van der Waals surface area contributed by atoms with Crippen molar-refractivity contribution in [3.05, 3.63) is 39.7 Å². The molecule has 0 radical (unpaired) electrons. The van der Waals surface area contributed by atoms with E-state index in [1.54, 1.807) is 19.1 Å². The second-order valence-corrected chi connectivity index (χ2v) is 7.35. The molecule has 0 aliphatic heterocycles. The minimum Gasteiger partial charge on any atom is -0.481 e. The SMILES string of the molecule is CCCCc1cc(=O)oc2c(C)c(OC(C)C(=O)N[C@@H](CCC(=O)O)C(=O)O)ccc12. The van der Waals surface area contributed by atoms with Crippen LogP contribution >= 0.6 is 0 Å². The molecule has 1 aromatic heterocycles. The molecule has 0 aliphatic rings. The van der Waals surface area contributed by atoms with Gasteiger partial charge in [-0.15, -0.1) is 0 Å². The molecule has 2 atom stereocenters. The fraction of sp³-hybridized carbons (Fsp3) is 0.455. The van der Waals surface area contributed by atoms with Gasteiger partial charge in [-0.05, 0) is 50.8 Å². The summed E-state index contributed by atoms with van der Waals surface area (Å²) in [6, 6.07) is 3.59. The van der Waals surface area contributed by atoms with E-state index >= 15 is 0 Å². The van der Waals surface area contributed by atoms with Crippen molar-refractivity contribution in [1.29, 1.82) is 0 Å². The Balaban J connectivity index is 2.21. The molecule has 0 saturated heterocycles. The molecule has 168 valence electrons. The van der Waals surface area contributed by atoms with Crippen LogP contribution in [0.3, 0.4) is 0 Å². The van der Waals surface area contributed by atoms with Crippen molar-refractivity contribution in [2.45, 2.75) is 65.0 Å². The number of ether oxygens (including phenoxy) is 1. The van der Waals surface area contributed by atoms with Crippen molar-refractivity contribution in [3.8, 4) is 5.75 Å². The fourth-order valence-electron chi connectivity index (χ4n) is 3.17. The van der Waals surface area contributed by atoms with Gasteiger partial charge < -0.3 is 24.7 Å². The zero-order valence-corrected chi connectivity index (χ0v) is 17.8. The fourth-order valence-corrected chi connectivity index (χ4v) is 3.17. The van der Waals surface area contributed by atoms with Gasteiger partial charge in [-0.2, -0.15) is 0 Å². The van der Waals surface area contributed by atoms with E-state index in [2.05, 4.69) is 12.2 Å². The molecule has 0 aliphatic carbocycles. The minimum absolute atomic E-state index is 0.246. The quantitative estimate of drug-likeness (QED) is 0.459. The van der Waals surface area contributed by atoms with Crippen molar-refractivity contribution in [1.82, 2.24) is 5.32 Å². The van der Waals surface area contributed by atoms with E-state index in [4.69, 9.17) is 14.3 Å². The monoisotopic (exact) mass is 433 g/mol. The Kier molecular flexibility index (Phi) is 8.18. The van der Waals surface area contributed by atoms with Gasteiger partial charge in [0.2, 0.25) is 0 Å². The number of nitrogens with one attached hydrogen (secondary N) is 1. The van der Waals surface area contributed by atoms with E-state index in [1.807, 2.05) is 0 Å². The van der Waals surface area contributed by atoms with Crippen LogP contribution in [0.25, 0.3) is 11.0 Å². The Bertz CT molecular complexity index is 1030. The van der Waals surface area contributed by atoms with E-state index < -0.39 is 42.0 Å². The normalized spacial score (nSPS) is 12.9. The van der Waals surface area contributed by atoms with Crippen molar-refractivity contribution in [2.24, 2.45) is 0 Å². The molecule has 31 heavy (non-hydrogen) atoms. The molecule has 1 amide bonds. The number of amides is 1. The van der Waals surface area contributed by atoms with Crippen LogP contribution in [0.4, 0.5) is 0 Å². The van der Waals surface area contributed by atoms with Crippen molar-refractivity contribution in [3.63, 3.8) is 0 Å². The van der Waals surface area contributed by atoms with Crippen molar-refractivity contribution < 1.29 is 33.8 Å². The van der Waals surface area contributed by atoms with Gasteiger partial charge in [0.1, 0.15) is 17.4 Å². The molecule has 1 heterocycles. The lowest BCUT2D eigenvalue weighted by Gasteiger charge is -2.20. The topological polar surface area (TPSA) is 143 Å². The van der Waals surface area contributed by atoms with Gasteiger partial charge in [-0.3, -0.25) is 9.59 Å². The smallest absolute Gasteiger partial charge is 0.336 e. The van der Waals surface area contributed by atoms with Crippen LogP contribution in [-0.2, 0) is 20.8 Å². The average molecular weight is 433 g/mol. The third kappa shape index (κ3) is 6.31. The van der Waals surface area contributed by atoms with E-state index in [-0.39, 0.29) is 6.42 Å². The summed E-state index contributed by atoms with van der Waals surface area (Å²) in [4.78, 5) is 46.3. The largest absolute Gasteiger partial charge is 0.481 e. The number of carbonyl (C=O) groups is 3. The summed E-state index contributed by atoms with van der Waals surface area (Å²) in [7, 11) is 0. The summed E-state index contributed by atoms with van der Waals surface area (Å²) in [5.74, 6) is -2.86. The van der Waals surface area contributed by atoms with E-state index in [1.165, 1.54) is 13.0 Å². The maximum absolute atomic E-state index is 12.4. The molecular formula is C22H27NO8. The Morgan fingerprint density at radius 3 is 2.55 bits per heavy atom. The second kappa shape index (κ2) is 10.6. The number of aliphatic carboxylic acids is 2. The first-order valence-electron chi connectivity index (χ1n) is 10.1. The number of carboxylic acid groups (broad SMARTS) is 2. The lowest BCUT2D eigenvalue weighted by atomic mass is 10.0. The first-order chi connectivity index (χ1) is 14.6. The maximum atomic E-state index is 12.4. The highest BCUT2D eigenvalue weighted by molar-refractivity contribution is 5.87. The standard InChI is InChI=1S/C22H27NO8/c1-4-5-6-14-11-19(26)31-20-12(2)17(9-7-15(14)20)30-13(3)21(27)23-16(22(28)29)8-10-18(24)25/h7,9,11,13,16H,4-6,8,10H2,1-3H3,(H,23,27)(H,24,25)(H,28,29)/t13?,16-/m0/s1. The molecule has 0 fully saturated rings. The number of carbonyl (C=O) groups excluding carboxylic acids is 1. The van der Waals surface area contributed by atoms with E-state index in [0.717, 1.165) is 30.2 Å². The van der Waals surface area contributed by atoms with Gasteiger partial charge in [0, 0.05) is 23.4 Å². The van der Waals surface area contributed by atoms with Crippen molar-refractivity contribution >= 4 is 28.8 Å². The van der Waals surface area contributed by atoms with Crippen LogP contribution in [0.5, 0.6) is 5.75 Å². The maximum Gasteiger partial charge on any atom is 0.336 e. The molecule has 2 rings (SSSR count). The third-order valence-electron chi connectivity index (χ3n) is 4.93. The molecule has 0 spiro atoms. The zero-order valence-electron chi connectivity index (χ0n) is 17.8. The van der Waals surface area contributed by atoms with Gasteiger partial charge >= 0.3 is 17.6 Å². The lowest BCUT2D eigenvalue weighted by Crippen LogP contribution is -2.46.